The maximum Gasteiger partial charge on any atom is 0.311 e. The smallest absolute Gasteiger partial charge is 0.311 e. The van der Waals surface area contributed by atoms with Crippen molar-refractivity contribution in [3.63, 3.8) is 0 Å². The summed E-state index contributed by atoms with van der Waals surface area (Å²) in [5.41, 5.74) is 4.73. The molecule has 3 rings (SSSR count). The van der Waals surface area contributed by atoms with Crippen LogP contribution < -0.4 is 14.9 Å². The number of hydrogen-bond acceptors (Lipinski definition) is 7. The lowest BCUT2D eigenvalue weighted by Gasteiger charge is -2.06. The molecule has 9 nitrogen and oxygen atoms in total. The number of methoxy groups -OCH3 is 2. The zero-order valence-electron chi connectivity index (χ0n) is 14.8. The summed E-state index contributed by atoms with van der Waals surface area (Å²) in [7, 11) is 3.12. The van der Waals surface area contributed by atoms with E-state index in [9.17, 15) is 4.79 Å². The molecule has 2 heterocycles. The van der Waals surface area contributed by atoms with Gasteiger partial charge in [0.25, 0.3) is 5.78 Å². The van der Waals surface area contributed by atoms with E-state index in [0.29, 0.717) is 22.8 Å². The molecule has 0 aliphatic rings. The van der Waals surface area contributed by atoms with E-state index in [2.05, 4.69) is 25.6 Å². The number of nitrogens with zero attached hydrogens (tertiary/aromatic N) is 5. The highest BCUT2D eigenvalue weighted by atomic mass is 16.5. The molecule has 0 saturated heterocycles. The number of amides is 1. The second kappa shape index (κ2) is 7.18. The summed E-state index contributed by atoms with van der Waals surface area (Å²) in [6, 6.07) is 7.12. The van der Waals surface area contributed by atoms with E-state index in [1.807, 2.05) is 19.9 Å². The van der Waals surface area contributed by atoms with E-state index in [0.717, 1.165) is 11.4 Å². The zero-order valence-corrected chi connectivity index (χ0v) is 14.8. The monoisotopic (exact) mass is 354 g/mol. The fourth-order valence-electron chi connectivity index (χ4n) is 2.40. The first-order valence-electron chi connectivity index (χ1n) is 7.78. The molecular formula is C17H18N6O3. The Labute approximate surface area is 149 Å². The maximum atomic E-state index is 12.2. The molecule has 26 heavy (non-hydrogen) atoms. The van der Waals surface area contributed by atoms with Gasteiger partial charge in [0.15, 0.2) is 0 Å². The third-order valence-electron chi connectivity index (χ3n) is 3.63. The summed E-state index contributed by atoms with van der Waals surface area (Å²) >= 11 is 0. The first kappa shape index (κ1) is 17.3. The topological polar surface area (TPSA) is 103 Å². The lowest BCUT2D eigenvalue weighted by Crippen LogP contribution is -2.19. The van der Waals surface area contributed by atoms with Crippen molar-refractivity contribution in [1.82, 2.24) is 25.0 Å². The SMILES string of the molecule is COc1ccc(/C=N/NC(=O)c2nc3nc(C)cc(C)n3n2)c(OC)c1. The van der Waals surface area contributed by atoms with Crippen LogP contribution >= 0.6 is 0 Å². The minimum Gasteiger partial charge on any atom is -0.497 e. The predicted molar refractivity (Wildman–Crippen MR) is 94.9 cm³/mol. The van der Waals surface area contributed by atoms with Gasteiger partial charge in [0.05, 0.1) is 20.4 Å². The Morgan fingerprint density at radius 1 is 1.19 bits per heavy atom. The molecule has 2 aromatic heterocycles. The predicted octanol–water partition coefficient (Wildman–Crippen LogP) is 1.52. The van der Waals surface area contributed by atoms with Crippen molar-refractivity contribution in [2.45, 2.75) is 13.8 Å². The maximum absolute atomic E-state index is 12.2. The van der Waals surface area contributed by atoms with Crippen LogP contribution in [0.2, 0.25) is 0 Å². The highest BCUT2D eigenvalue weighted by Gasteiger charge is 2.14. The van der Waals surface area contributed by atoms with Gasteiger partial charge in [0.2, 0.25) is 5.82 Å². The van der Waals surface area contributed by atoms with E-state index in [4.69, 9.17) is 9.47 Å². The fourth-order valence-corrected chi connectivity index (χ4v) is 2.40. The van der Waals surface area contributed by atoms with Crippen molar-refractivity contribution in [1.29, 1.82) is 0 Å². The number of aryl methyl sites for hydroxylation is 2. The molecule has 0 atom stereocenters. The van der Waals surface area contributed by atoms with Gasteiger partial charge in [0, 0.05) is 23.0 Å². The van der Waals surface area contributed by atoms with Gasteiger partial charge >= 0.3 is 5.91 Å². The van der Waals surface area contributed by atoms with Crippen molar-refractivity contribution < 1.29 is 14.3 Å². The van der Waals surface area contributed by atoms with Gasteiger partial charge in [-0.05, 0) is 32.0 Å². The molecule has 0 fully saturated rings. The first-order chi connectivity index (χ1) is 12.5. The molecule has 0 unspecified atom stereocenters. The summed E-state index contributed by atoms with van der Waals surface area (Å²) < 4.78 is 11.9. The zero-order chi connectivity index (χ0) is 18.7. The lowest BCUT2D eigenvalue weighted by molar-refractivity contribution is 0.0945. The molecule has 3 aromatic rings. The number of carbonyl (C=O) groups is 1. The minimum absolute atomic E-state index is 0.00922. The van der Waals surface area contributed by atoms with Crippen molar-refractivity contribution in [3.05, 3.63) is 47.0 Å². The van der Waals surface area contributed by atoms with Gasteiger partial charge in [-0.3, -0.25) is 4.79 Å². The molecular weight excluding hydrogens is 336 g/mol. The van der Waals surface area contributed by atoms with Crippen LogP contribution in [0.3, 0.4) is 0 Å². The Kier molecular flexibility index (Phi) is 4.78. The quantitative estimate of drug-likeness (QED) is 0.550. The molecule has 9 heteroatoms. The number of rotatable bonds is 5. The second-order valence-electron chi connectivity index (χ2n) is 5.49. The van der Waals surface area contributed by atoms with Crippen molar-refractivity contribution in [2.24, 2.45) is 5.10 Å². The van der Waals surface area contributed by atoms with E-state index in [1.54, 1.807) is 32.4 Å². The number of fused-ring (bicyclic) bond motifs is 1. The highest BCUT2D eigenvalue weighted by Crippen LogP contribution is 2.22. The normalized spacial score (nSPS) is 11.1. The molecule has 0 spiro atoms. The number of hydrogen-bond donors (Lipinski definition) is 1. The van der Waals surface area contributed by atoms with Crippen LogP contribution in [0.25, 0.3) is 5.78 Å². The second-order valence-corrected chi connectivity index (χ2v) is 5.49. The Hall–Kier alpha value is -3.49. The largest absolute Gasteiger partial charge is 0.497 e. The van der Waals surface area contributed by atoms with Gasteiger partial charge in [-0.15, -0.1) is 5.10 Å². The van der Waals surface area contributed by atoms with Crippen molar-refractivity contribution >= 4 is 17.9 Å². The number of hydrazone groups is 1. The molecule has 0 aliphatic heterocycles. The molecule has 134 valence electrons. The number of ether oxygens (including phenoxy) is 2. The van der Waals surface area contributed by atoms with Gasteiger partial charge in [-0.25, -0.2) is 14.9 Å². The van der Waals surface area contributed by atoms with E-state index < -0.39 is 5.91 Å². The van der Waals surface area contributed by atoms with Crippen molar-refractivity contribution in [3.8, 4) is 11.5 Å². The van der Waals surface area contributed by atoms with Crippen LogP contribution in [0.4, 0.5) is 0 Å². The lowest BCUT2D eigenvalue weighted by atomic mass is 10.2. The molecule has 1 amide bonds. The minimum atomic E-state index is -0.531. The Balaban J connectivity index is 1.77. The Morgan fingerprint density at radius 2 is 2.00 bits per heavy atom. The van der Waals surface area contributed by atoms with Gasteiger partial charge in [-0.2, -0.15) is 10.1 Å². The van der Waals surface area contributed by atoms with Gasteiger partial charge < -0.3 is 9.47 Å². The number of benzene rings is 1. The van der Waals surface area contributed by atoms with Gasteiger partial charge in [0.1, 0.15) is 11.5 Å². The van der Waals surface area contributed by atoms with Crippen LogP contribution in [-0.2, 0) is 0 Å². The van der Waals surface area contributed by atoms with Crippen LogP contribution in [-0.4, -0.2) is 45.9 Å². The third kappa shape index (κ3) is 3.46. The number of nitrogens with one attached hydrogen (secondary N) is 1. The Morgan fingerprint density at radius 3 is 2.73 bits per heavy atom. The van der Waals surface area contributed by atoms with E-state index in [1.165, 1.54) is 10.7 Å². The molecule has 0 saturated carbocycles. The van der Waals surface area contributed by atoms with Crippen LogP contribution in [0, 0.1) is 13.8 Å². The fraction of sp³-hybridized carbons (Fsp3) is 0.235. The van der Waals surface area contributed by atoms with Crippen molar-refractivity contribution in [2.75, 3.05) is 14.2 Å². The molecule has 0 aliphatic carbocycles. The average Bonchev–Trinajstić information content (AvgIpc) is 3.06. The summed E-state index contributed by atoms with van der Waals surface area (Å²) in [6.07, 6.45) is 1.47. The molecule has 1 aromatic carbocycles. The summed E-state index contributed by atoms with van der Waals surface area (Å²) in [4.78, 5) is 20.6. The first-order valence-corrected chi connectivity index (χ1v) is 7.78. The third-order valence-corrected chi connectivity index (χ3v) is 3.63. The van der Waals surface area contributed by atoms with Gasteiger partial charge in [-0.1, -0.05) is 0 Å². The Bertz CT molecular complexity index is 996. The summed E-state index contributed by atoms with van der Waals surface area (Å²) in [6.45, 7) is 3.72. The standard InChI is InChI=1S/C17H18N6O3/c1-10-7-11(2)23-17(19-10)20-15(22-23)16(24)21-18-9-12-5-6-13(25-3)8-14(12)26-4/h5-9H,1-4H3,(H,21,24)/b18-9+. The average molecular weight is 354 g/mol. The highest BCUT2D eigenvalue weighted by molar-refractivity contribution is 5.92. The molecule has 1 N–H and O–H groups in total. The molecule has 0 radical (unpaired) electrons. The summed E-state index contributed by atoms with van der Waals surface area (Å²) in [5.74, 6) is 1.06. The number of aromatic nitrogens is 4. The molecule has 0 bridgehead atoms. The van der Waals surface area contributed by atoms with Crippen LogP contribution in [0.1, 0.15) is 27.6 Å². The van der Waals surface area contributed by atoms with Crippen LogP contribution in [0.5, 0.6) is 11.5 Å². The summed E-state index contributed by atoms with van der Waals surface area (Å²) in [5, 5.41) is 8.09. The van der Waals surface area contributed by atoms with Crippen LogP contribution in [0.15, 0.2) is 29.4 Å². The van der Waals surface area contributed by atoms with E-state index in [-0.39, 0.29) is 5.82 Å². The van der Waals surface area contributed by atoms with E-state index >= 15 is 0 Å². The number of carbonyl (C=O) groups excluding carboxylic acids is 1.